The van der Waals surface area contributed by atoms with Gasteiger partial charge in [0.1, 0.15) is 0 Å². The van der Waals surface area contributed by atoms with Crippen LogP contribution in [0.25, 0.3) is 0 Å². The number of para-hydroxylation sites is 1. The predicted octanol–water partition coefficient (Wildman–Crippen LogP) is 1.46. The number of benzene rings is 1. The molecule has 2 saturated heterocycles. The number of hydrogen-bond donors (Lipinski definition) is 1. The third-order valence-electron chi connectivity index (χ3n) is 4.21. The molecule has 2 aliphatic heterocycles. The maximum atomic E-state index is 12.0. The number of carbonyl (C=O) groups is 2. The minimum Gasteiger partial charge on any atom is -0.481 e. The highest BCUT2D eigenvalue weighted by Crippen LogP contribution is 2.41. The Hall–Kier alpha value is -1.87. The van der Waals surface area contributed by atoms with Crippen LogP contribution >= 0.6 is 11.8 Å². The number of thioether (sulfide) groups is 1. The fourth-order valence-electron chi connectivity index (χ4n) is 3.06. The van der Waals surface area contributed by atoms with Gasteiger partial charge in [0.25, 0.3) is 0 Å². The number of carbonyl (C=O) groups excluding carboxylic acids is 1. The topological polar surface area (TPSA) is 104 Å². The molecule has 2 heterocycles. The molecule has 2 atom stereocenters. The van der Waals surface area contributed by atoms with Crippen LogP contribution in [-0.2, 0) is 19.4 Å². The Kier molecular flexibility index (Phi) is 4.88. The molecule has 1 aromatic carbocycles. The van der Waals surface area contributed by atoms with E-state index in [9.17, 15) is 18.0 Å². The molecule has 0 aromatic heterocycles. The minimum atomic E-state index is -3.11. The summed E-state index contributed by atoms with van der Waals surface area (Å²) in [5.74, 6) is -1.47. The van der Waals surface area contributed by atoms with E-state index in [1.807, 2.05) is 36.1 Å². The van der Waals surface area contributed by atoms with Crippen molar-refractivity contribution in [3.63, 3.8) is 0 Å². The second-order valence-corrected chi connectivity index (χ2v) is 9.50. The number of nitrogens with zero attached hydrogens (tertiary/aromatic N) is 2. The second-order valence-electron chi connectivity index (χ2n) is 6.14. The zero-order valence-electron chi connectivity index (χ0n) is 13.6. The molecule has 7 nitrogen and oxygen atoms in total. The van der Waals surface area contributed by atoms with E-state index in [1.165, 1.54) is 11.8 Å². The number of aliphatic imine (C=N–C) groups is 1. The number of fused-ring (bicyclic) bond motifs is 1. The van der Waals surface area contributed by atoms with E-state index in [0.29, 0.717) is 5.17 Å². The molecule has 0 bridgehead atoms. The highest BCUT2D eigenvalue weighted by molar-refractivity contribution is 8.16. The Bertz CT molecular complexity index is 850. The number of carboxylic acids is 1. The average molecular weight is 382 g/mol. The van der Waals surface area contributed by atoms with Crippen LogP contribution in [0.15, 0.2) is 29.3 Å². The van der Waals surface area contributed by atoms with E-state index in [4.69, 9.17) is 5.11 Å². The van der Waals surface area contributed by atoms with Gasteiger partial charge in [0.15, 0.2) is 15.0 Å². The molecule has 3 rings (SSSR count). The Labute approximate surface area is 150 Å². The first-order valence-corrected chi connectivity index (χ1v) is 10.5. The third-order valence-corrected chi connectivity index (χ3v) is 7.42. The van der Waals surface area contributed by atoms with Gasteiger partial charge in [-0.1, -0.05) is 30.0 Å². The second kappa shape index (κ2) is 6.80. The van der Waals surface area contributed by atoms with Gasteiger partial charge in [-0.15, -0.1) is 0 Å². The fourth-order valence-corrected chi connectivity index (χ4v) is 6.98. The van der Waals surface area contributed by atoms with E-state index in [0.717, 1.165) is 11.3 Å². The van der Waals surface area contributed by atoms with Crippen LogP contribution in [0.5, 0.6) is 0 Å². The smallest absolute Gasteiger partial charge is 0.303 e. The molecule has 0 unspecified atom stereocenters. The highest BCUT2D eigenvalue weighted by atomic mass is 32.2. The molecule has 25 heavy (non-hydrogen) atoms. The van der Waals surface area contributed by atoms with E-state index in [-0.39, 0.29) is 35.6 Å². The number of amides is 1. The third kappa shape index (κ3) is 3.87. The summed E-state index contributed by atoms with van der Waals surface area (Å²) in [4.78, 5) is 28.5. The summed E-state index contributed by atoms with van der Waals surface area (Å²) >= 11 is 1.29. The van der Waals surface area contributed by atoms with E-state index in [1.54, 1.807) is 0 Å². The van der Waals surface area contributed by atoms with Crippen molar-refractivity contribution in [2.45, 2.75) is 31.1 Å². The zero-order chi connectivity index (χ0) is 18.2. The van der Waals surface area contributed by atoms with Crippen molar-refractivity contribution in [1.82, 2.24) is 0 Å². The summed E-state index contributed by atoms with van der Waals surface area (Å²) in [5, 5.41) is 8.98. The van der Waals surface area contributed by atoms with Crippen molar-refractivity contribution in [1.29, 1.82) is 0 Å². The van der Waals surface area contributed by atoms with Gasteiger partial charge in [-0.2, -0.15) is 4.99 Å². The number of carboxylic acid groups (broad SMARTS) is 1. The molecule has 0 aliphatic carbocycles. The normalized spacial score (nSPS) is 26.0. The molecule has 9 heteroatoms. The van der Waals surface area contributed by atoms with Crippen LogP contribution in [0.3, 0.4) is 0 Å². The standard InChI is InChI=1S/C16H18N2O5S2/c1-10-4-2-3-5-11(10)18-12-8-25(22,23)9-13(12)24-16(18)17-14(19)6-7-15(20)21/h2-5,12-13H,6-9H2,1H3,(H,20,21)/t12-,13+/m1/s1. The molecule has 0 radical (unpaired) electrons. The van der Waals surface area contributed by atoms with Crippen molar-refractivity contribution >= 4 is 44.3 Å². The molecule has 134 valence electrons. The molecule has 1 amide bonds. The molecule has 1 aromatic rings. The number of sulfone groups is 1. The van der Waals surface area contributed by atoms with Gasteiger partial charge < -0.3 is 10.0 Å². The van der Waals surface area contributed by atoms with Gasteiger partial charge in [-0.25, -0.2) is 8.42 Å². The van der Waals surface area contributed by atoms with Crippen LogP contribution in [-0.4, -0.2) is 53.4 Å². The number of aliphatic carboxylic acids is 1. The van der Waals surface area contributed by atoms with Crippen molar-refractivity contribution in [3.8, 4) is 0 Å². The number of anilines is 1. The van der Waals surface area contributed by atoms with Gasteiger partial charge in [0.05, 0.1) is 24.0 Å². The summed E-state index contributed by atoms with van der Waals surface area (Å²) in [6.45, 7) is 1.92. The number of hydrogen-bond acceptors (Lipinski definition) is 5. The molecule has 2 aliphatic rings. The van der Waals surface area contributed by atoms with Gasteiger partial charge >= 0.3 is 5.97 Å². The Morgan fingerprint density at radius 1 is 1.28 bits per heavy atom. The summed E-state index contributed by atoms with van der Waals surface area (Å²) in [6, 6.07) is 7.27. The summed E-state index contributed by atoms with van der Waals surface area (Å²) < 4.78 is 24.0. The largest absolute Gasteiger partial charge is 0.481 e. The summed E-state index contributed by atoms with van der Waals surface area (Å²) in [5.41, 5.74) is 1.78. The van der Waals surface area contributed by atoms with Gasteiger partial charge in [-0.3, -0.25) is 9.59 Å². The Morgan fingerprint density at radius 2 is 2.00 bits per heavy atom. The first kappa shape index (κ1) is 17.9. The van der Waals surface area contributed by atoms with E-state index >= 15 is 0 Å². The van der Waals surface area contributed by atoms with Crippen molar-refractivity contribution in [2.24, 2.45) is 4.99 Å². The van der Waals surface area contributed by atoms with Crippen LogP contribution in [0.4, 0.5) is 5.69 Å². The quantitative estimate of drug-likeness (QED) is 0.840. The number of aryl methyl sites for hydroxylation is 1. The van der Waals surface area contributed by atoms with Gasteiger partial charge in [-0.05, 0) is 18.6 Å². The van der Waals surface area contributed by atoms with Gasteiger partial charge in [0, 0.05) is 17.4 Å². The minimum absolute atomic E-state index is 0.0291. The molecular weight excluding hydrogens is 364 g/mol. The van der Waals surface area contributed by atoms with Crippen molar-refractivity contribution in [2.75, 3.05) is 16.4 Å². The lowest BCUT2D eigenvalue weighted by Crippen LogP contribution is -2.38. The highest BCUT2D eigenvalue weighted by Gasteiger charge is 2.49. The molecule has 0 spiro atoms. The zero-order valence-corrected chi connectivity index (χ0v) is 15.2. The van der Waals surface area contributed by atoms with Crippen LogP contribution in [0, 0.1) is 6.92 Å². The van der Waals surface area contributed by atoms with E-state index < -0.39 is 21.7 Å². The Morgan fingerprint density at radius 3 is 2.68 bits per heavy atom. The first-order valence-electron chi connectivity index (χ1n) is 7.82. The predicted molar refractivity (Wildman–Crippen MR) is 96.8 cm³/mol. The van der Waals surface area contributed by atoms with Crippen LogP contribution in [0.1, 0.15) is 18.4 Å². The number of rotatable bonds is 4. The maximum absolute atomic E-state index is 12.0. The average Bonchev–Trinajstić information content (AvgIpc) is 2.97. The number of amidine groups is 1. The Balaban J connectivity index is 1.94. The van der Waals surface area contributed by atoms with Crippen LogP contribution < -0.4 is 4.90 Å². The van der Waals surface area contributed by atoms with Gasteiger partial charge in [0.2, 0.25) is 5.91 Å². The molecule has 0 saturated carbocycles. The summed E-state index contributed by atoms with van der Waals surface area (Å²) in [7, 11) is -3.11. The molecule has 2 fully saturated rings. The SMILES string of the molecule is Cc1ccccc1N1C(=NC(=O)CCC(=O)O)S[C@H]2CS(=O)(=O)C[C@H]21. The lowest BCUT2D eigenvalue weighted by molar-refractivity contribution is -0.138. The van der Waals surface area contributed by atoms with Crippen LogP contribution in [0.2, 0.25) is 0 Å². The summed E-state index contributed by atoms with van der Waals surface area (Å²) in [6.07, 6.45) is -0.444. The lowest BCUT2D eigenvalue weighted by Gasteiger charge is -2.26. The lowest BCUT2D eigenvalue weighted by atomic mass is 10.1. The maximum Gasteiger partial charge on any atom is 0.303 e. The van der Waals surface area contributed by atoms with Crippen molar-refractivity contribution in [3.05, 3.63) is 29.8 Å². The first-order chi connectivity index (χ1) is 11.8. The monoisotopic (exact) mass is 382 g/mol. The van der Waals surface area contributed by atoms with E-state index in [2.05, 4.69) is 4.99 Å². The fraction of sp³-hybridized carbons (Fsp3) is 0.438. The van der Waals surface area contributed by atoms with Crippen molar-refractivity contribution < 1.29 is 23.1 Å². The molecular formula is C16H18N2O5S2. The molecule has 1 N–H and O–H groups in total.